The Labute approximate surface area is 215 Å². The third kappa shape index (κ3) is 7.11. The number of nitrogens with zero attached hydrogens (tertiary/aromatic N) is 3. The number of likely N-dealkylation sites (tertiary alicyclic amines) is 2. The third-order valence-corrected chi connectivity index (χ3v) is 6.77. The Balaban J connectivity index is 2.17. The number of rotatable bonds is 8. The van der Waals surface area contributed by atoms with Crippen LogP contribution in [0.25, 0.3) is 0 Å². The molecule has 4 atom stereocenters. The van der Waals surface area contributed by atoms with Crippen LogP contribution < -0.4 is 0 Å². The Bertz CT molecular complexity index is 808. The number of carbonyl (C=O) groups is 4. The lowest BCUT2D eigenvalue weighted by Gasteiger charge is -2.37. The Morgan fingerprint density at radius 2 is 1.56 bits per heavy atom. The second-order valence-electron chi connectivity index (χ2n) is 11.6. The lowest BCUT2D eigenvalue weighted by atomic mass is 9.98. The number of aliphatic hydroxyl groups is 1. The quantitative estimate of drug-likeness (QED) is 0.498. The number of ether oxygens (including phenoxy) is 2. The molecule has 0 bridgehead atoms. The van der Waals surface area contributed by atoms with Crippen LogP contribution in [-0.2, 0) is 23.9 Å². The van der Waals surface area contributed by atoms with Gasteiger partial charge in [-0.25, -0.2) is 9.59 Å². The molecule has 2 aliphatic heterocycles. The van der Waals surface area contributed by atoms with E-state index in [9.17, 15) is 24.3 Å². The zero-order valence-corrected chi connectivity index (χ0v) is 23.2. The van der Waals surface area contributed by atoms with Crippen molar-refractivity contribution in [1.29, 1.82) is 0 Å². The van der Waals surface area contributed by atoms with Crippen molar-refractivity contribution in [3.05, 3.63) is 0 Å². The van der Waals surface area contributed by atoms with Gasteiger partial charge in [0.05, 0.1) is 12.6 Å². The molecule has 10 nitrogen and oxygen atoms in total. The summed E-state index contributed by atoms with van der Waals surface area (Å²) in [5.74, 6) is -1.86. The molecule has 0 aliphatic carbocycles. The predicted octanol–water partition coefficient (Wildman–Crippen LogP) is 2.42. The normalized spacial score (nSPS) is 22.1. The number of aliphatic hydroxyl groups excluding tert-OH is 1. The molecule has 2 heterocycles. The lowest BCUT2D eigenvalue weighted by Crippen LogP contribution is -2.56. The van der Waals surface area contributed by atoms with E-state index in [0.717, 1.165) is 12.8 Å². The first-order valence-electron chi connectivity index (χ1n) is 13.1. The molecule has 1 unspecified atom stereocenters. The first kappa shape index (κ1) is 29.9. The summed E-state index contributed by atoms with van der Waals surface area (Å²) in [6, 6.07) is -1.83. The fourth-order valence-corrected chi connectivity index (χ4v) is 4.95. The molecule has 0 aromatic heterocycles. The topological polar surface area (TPSA) is 117 Å². The highest BCUT2D eigenvalue weighted by Gasteiger charge is 2.43. The van der Waals surface area contributed by atoms with Crippen LogP contribution in [0, 0.1) is 11.8 Å². The van der Waals surface area contributed by atoms with Gasteiger partial charge in [-0.3, -0.25) is 14.5 Å². The molecule has 1 N–H and O–H groups in total. The molecule has 0 aromatic rings. The van der Waals surface area contributed by atoms with Gasteiger partial charge in [-0.2, -0.15) is 0 Å². The average Bonchev–Trinajstić information content (AvgIpc) is 3.44. The molecule has 0 saturated carbocycles. The van der Waals surface area contributed by atoms with E-state index >= 15 is 0 Å². The van der Waals surface area contributed by atoms with Crippen molar-refractivity contribution in [2.75, 3.05) is 26.7 Å². The fourth-order valence-electron chi connectivity index (χ4n) is 4.95. The summed E-state index contributed by atoms with van der Waals surface area (Å²) < 4.78 is 11.2. The molecule has 2 fully saturated rings. The van der Waals surface area contributed by atoms with Crippen LogP contribution in [0.4, 0.5) is 4.79 Å². The summed E-state index contributed by atoms with van der Waals surface area (Å²) in [6.45, 7) is 13.4. The molecule has 36 heavy (non-hydrogen) atoms. The van der Waals surface area contributed by atoms with E-state index in [-0.39, 0.29) is 30.4 Å². The number of hydrogen-bond donors (Lipinski definition) is 1. The Kier molecular flexibility index (Phi) is 10.2. The maximum Gasteiger partial charge on any atom is 0.411 e. The Hall–Kier alpha value is -2.36. The lowest BCUT2D eigenvalue weighted by molar-refractivity contribution is -0.168. The minimum Gasteiger partial charge on any atom is -0.450 e. The van der Waals surface area contributed by atoms with Crippen LogP contribution in [0.5, 0.6) is 0 Å². The Morgan fingerprint density at radius 1 is 0.972 bits per heavy atom. The molecular formula is C26H45N3O7. The van der Waals surface area contributed by atoms with Gasteiger partial charge in [0.25, 0.3) is 5.91 Å². The van der Waals surface area contributed by atoms with Crippen LogP contribution in [0.2, 0.25) is 0 Å². The van der Waals surface area contributed by atoms with E-state index < -0.39 is 41.8 Å². The van der Waals surface area contributed by atoms with Crippen molar-refractivity contribution in [2.24, 2.45) is 11.8 Å². The number of hydrogen-bond acceptors (Lipinski definition) is 7. The van der Waals surface area contributed by atoms with Gasteiger partial charge >= 0.3 is 12.1 Å². The molecule has 3 amide bonds. The zero-order chi connectivity index (χ0) is 27.4. The van der Waals surface area contributed by atoms with E-state index in [4.69, 9.17) is 9.47 Å². The average molecular weight is 512 g/mol. The van der Waals surface area contributed by atoms with Crippen molar-refractivity contribution >= 4 is 23.9 Å². The van der Waals surface area contributed by atoms with Crippen LogP contribution in [0.3, 0.4) is 0 Å². The zero-order valence-electron chi connectivity index (χ0n) is 23.2. The first-order chi connectivity index (χ1) is 16.7. The van der Waals surface area contributed by atoms with Gasteiger partial charge < -0.3 is 24.4 Å². The van der Waals surface area contributed by atoms with E-state index in [1.807, 2.05) is 13.8 Å². The van der Waals surface area contributed by atoms with Crippen LogP contribution in [0.1, 0.15) is 74.1 Å². The fraction of sp³-hybridized carbons (Fsp3) is 0.846. The van der Waals surface area contributed by atoms with Crippen molar-refractivity contribution in [3.63, 3.8) is 0 Å². The number of likely N-dealkylation sites (N-methyl/N-ethyl adjacent to an activating group) is 1. The summed E-state index contributed by atoms with van der Waals surface area (Å²) in [5.41, 5.74) is -0.698. The van der Waals surface area contributed by atoms with Crippen LogP contribution >= 0.6 is 0 Å². The summed E-state index contributed by atoms with van der Waals surface area (Å²) in [7, 11) is 1.56. The van der Waals surface area contributed by atoms with Gasteiger partial charge in [0, 0.05) is 20.1 Å². The molecule has 0 spiro atoms. The highest BCUT2D eigenvalue weighted by molar-refractivity contribution is 5.91. The smallest absolute Gasteiger partial charge is 0.411 e. The van der Waals surface area contributed by atoms with Crippen molar-refractivity contribution < 1.29 is 33.8 Å². The van der Waals surface area contributed by atoms with Crippen LogP contribution in [0.15, 0.2) is 0 Å². The second kappa shape index (κ2) is 12.3. The van der Waals surface area contributed by atoms with Gasteiger partial charge in [-0.05, 0) is 58.3 Å². The maximum absolute atomic E-state index is 13.6. The molecule has 2 rings (SSSR count). The first-order valence-corrected chi connectivity index (χ1v) is 13.1. The van der Waals surface area contributed by atoms with Gasteiger partial charge in [-0.1, -0.05) is 27.7 Å². The molecule has 0 aromatic carbocycles. The summed E-state index contributed by atoms with van der Waals surface area (Å²) in [5, 5.41) is 9.67. The number of amides is 3. The van der Waals surface area contributed by atoms with Gasteiger partial charge in [0.2, 0.25) is 5.91 Å². The standard InChI is InChI=1S/C26H45N3O7/c1-16(2)20(22(31)28-13-9-11-18(28)15-30)27(8)23(32)21(17(3)4)35-24(33)19-12-10-14-29(19)25(34)36-26(5,6)7/h16-21,30H,9-15H2,1-8H3/t18-,19-,20-,21?/m0/s1. The SMILES string of the molecule is CC(C)C(OC(=O)[C@@H]1CCCN1C(=O)OC(C)(C)C)C(=O)N(C)[C@H](C(=O)N1CCC[C@H]1CO)C(C)C. The molecule has 10 heteroatoms. The summed E-state index contributed by atoms with van der Waals surface area (Å²) in [4.78, 5) is 57.1. The van der Waals surface area contributed by atoms with E-state index in [1.54, 1.807) is 46.6 Å². The molecule has 206 valence electrons. The molecule has 2 saturated heterocycles. The number of carbonyl (C=O) groups excluding carboxylic acids is 4. The highest BCUT2D eigenvalue weighted by atomic mass is 16.6. The van der Waals surface area contributed by atoms with Gasteiger partial charge in [0.1, 0.15) is 17.7 Å². The van der Waals surface area contributed by atoms with Crippen molar-refractivity contribution in [1.82, 2.24) is 14.7 Å². The predicted molar refractivity (Wildman–Crippen MR) is 134 cm³/mol. The van der Waals surface area contributed by atoms with E-state index in [1.165, 1.54) is 9.80 Å². The molecule has 2 aliphatic rings. The van der Waals surface area contributed by atoms with E-state index in [2.05, 4.69) is 0 Å². The minimum atomic E-state index is -1.11. The minimum absolute atomic E-state index is 0.115. The monoisotopic (exact) mass is 511 g/mol. The third-order valence-electron chi connectivity index (χ3n) is 6.77. The van der Waals surface area contributed by atoms with Crippen molar-refractivity contribution in [2.45, 2.75) is 104 Å². The van der Waals surface area contributed by atoms with Crippen LogP contribution in [-0.4, -0.2) is 100 Å². The summed E-state index contributed by atoms with van der Waals surface area (Å²) in [6.07, 6.45) is 0.904. The van der Waals surface area contributed by atoms with E-state index in [0.29, 0.717) is 25.9 Å². The largest absolute Gasteiger partial charge is 0.450 e. The molecule has 0 radical (unpaired) electrons. The number of esters is 1. The summed E-state index contributed by atoms with van der Waals surface area (Å²) >= 11 is 0. The molecular weight excluding hydrogens is 466 g/mol. The highest BCUT2D eigenvalue weighted by Crippen LogP contribution is 2.26. The second-order valence-corrected chi connectivity index (χ2v) is 11.6. The van der Waals surface area contributed by atoms with Gasteiger partial charge in [0.15, 0.2) is 6.10 Å². The van der Waals surface area contributed by atoms with Gasteiger partial charge in [-0.15, -0.1) is 0 Å². The Morgan fingerprint density at radius 3 is 2.08 bits per heavy atom. The maximum atomic E-state index is 13.6. The van der Waals surface area contributed by atoms with Crippen molar-refractivity contribution in [3.8, 4) is 0 Å².